The lowest BCUT2D eigenvalue weighted by atomic mass is 9.90. The molecule has 1 fully saturated rings. The van der Waals surface area contributed by atoms with Gasteiger partial charge in [0.25, 0.3) is 0 Å². The summed E-state index contributed by atoms with van der Waals surface area (Å²) in [6.45, 7) is 4.56. The van der Waals surface area contributed by atoms with E-state index in [1.165, 1.54) is 21.2 Å². The molecule has 4 nitrogen and oxygen atoms in total. The van der Waals surface area contributed by atoms with Gasteiger partial charge in [-0.1, -0.05) is 49.4 Å². The number of thiophene rings is 1. The van der Waals surface area contributed by atoms with Gasteiger partial charge in [0.2, 0.25) is 11.8 Å². The van der Waals surface area contributed by atoms with Gasteiger partial charge in [-0.25, -0.2) is 0 Å². The third-order valence-electron chi connectivity index (χ3n) is 7.40. The fourth-order valence-electron chi connectivity index (χ4n) is 5.46. The Labute approximate surface area is 193 Å². The molecule has 1 saturated carbocycles. The van der Waals surface area contributed by atoms with Crippen LogP contribution in [0.25, 0.3) is 10.1 Å². The number of rotatable bonds is 5. The smallest absolute Gasteiger partial charge is 0.225 e. The highest BCUT2D eigenvalue weighted by Crippen LogP contribution is 2.51. The van der Waals surface area contributed by atoms with E-state index >= 15 is 0 Å². The lowest BCUT2D eigenvalue weighted by Crippen LogP contribution is -2.42. The zero-order valence-electron chi connectivity index (χ0n) is 19.0. The second kappa shape index (κ2) is 8.36. The Morgan fingerprint density at radius 3 is 2.62 bits per heavy atom. The third-order valence-corrected chi connectivity index (χ3v) is 8.38. The zero-order valence-corrected chi connectivity index (χ0v) is 19.8. The van der Waals surface area contributed by atoms with Crippen LogP contribution in [0.1, 0.15) is 55.5 Å². The van der Waals surface area contributed by atoms with Crippen molar-refractivity contribution >= 4 is 33.2 Å². The van der Waals surface area contributed by atoms with E-state index in [9.17, 15) is 9.59 Å². The summed E-state index contributed by atoms with van der Waals surface area (Å²) in [5, 5.41) is 3.50. The number of hydrogen-bond donors (Lipinski definition) is 0. The standard InChI is InChI=1S/C27H30N2O2S/c1-17-14-22(17)27(23-16-32-25-11-7-6-10-21(23)25)28(3)26(31)15-24-20-9-5-4-8-19(20)12-13-29(24)18(2)30/h4-11,16-17,22,24,27H,12-15H2,1-3H3/t17-,22+,24+,27+/m1/s1. The van der Waals surface area contributed by atoms with Gasteiger partial charge in [0.05, 0.1) is 18.5 Å². The molecule has 1 aliphatic heterocycles. The first kappa shape index (κ1) is 21.2. The molecular weight excluding hydrogens is 416 g/mol. The first-order chi connectivity index (χ1) is 15.5. The molecule has 5 heteroatoms. The van der Waals surface area contributed by atoms with Crippen molar-refractivity contribution in [3.05, 3.63) is 70.6 Å². The number of carbonyl (C=O) groups excluding carboxylic acids is 2. The monoisotopic (exact) mass is 446 g/mol. The summed E-state index contributed by atoms with van der Waals surface area (Å²) in [6, 6.07) is 16.6. The van der Waals surface area contributed by atoms with Gasteiger partial charge in [0, 0.05) is 25.2 Å². The van der Waals surface area contributed by atoms with Crippen molar-refractivity contribution in [1.82, 2.24) is 9.80 Å². The molecular formula is C27H30N2O2S. The maximum Gasteiger partial charge on any atom is 0.225 e. The first-order valence-electron chi connectivity index (χ1n) is 11.5. The molecule has 2 amide bonds. The van der Waals surface area contributed by atoms with Crippen molar-refractivity contribution < 1.29 is 9.59 Å². The minimum absolute atomic E-state index is 0.0381. The first-order valence-corrected chi connectivity index (χ1v) is 12.4. The van der Waals surface area contributed by atoms with Crippen LogP contribution in [0, 0.1) is 11.8 Å². The SMILES string of the molecule is CC(=O)N1CCc2ccccc2[C@@H]1CC(=O)N(C)[C@H](c1csc2ccccc12)[C@H]1C[C@H]1C. The van der Waals surface area contributed by atoms with E-state index in [0.717, 1.165) is 18.4 Å². The largest absolute Gasteiger partial charge is 0.338 e. The molecule has 0 spiro atoms. The van der Waals surface area contributed by atoms with E-state index in [4.69, 9.17) is 0 Å². The predicted octanol–water partition coefficient (Wildman–Crippen LogP) is 5.59. The fourth-order valence-corrected chi connectivity index (χ4v) is 6.45. The van der Waals surface area contributed by atoms with Crippen LogP contribution in [0.5, 0.6) is 0 Å². The quantitative estimate of drug-likeness (QED) is 0.512. The Bertz CT molecular complexity index is 1170. The highest BCUT2D eigenvalue weighted by molar-refractivity contribution is 7.17. The summed E-state index contributed by atoms with van der Waals surface area (Å²) in [4.78, 5) is 29.9. The lowest BCUT2D eigenvalue weighted by Gasteiger charge is -2.38. The van der Waals surface area contributed by atoms with Crippen LogP contribution in [0.2, 0.25) is 0 Å². The summed E-state index contributed by atoms with van der Waals surface area (Å²) in [5.74, 6) is 1.26. The maximum atomic E-state index is 13.7. The summed E-state index contributed by atoms with van der Waals surface area (Å²) in [5.41, 5.74) is 3.64. The Balaban J connectivity index is 1.45. The molecule has 5 rings (SSSR count). The molecule has 2 aromatic carbocycles. The van der Waals surface area contributed by atoms with Gasteiger partial charge in [0.1, 0.15) is 0 Å². The van der Waals surface area contributed by atoms with Crippen molar-refractivity contribution in [2.45, 2.75) is 45.2 Å². The molecule has 0 N–H and O–H groups in total. The Morgan fingerprint density at radius 2 is 1.88 bits per heavy atom. The number of fused-ring (bicyclic) bond motifs is 2. The van der Waals surface area contributed by atoms with E-state index < -0.39 is 0 Å². The lowest BCUT2D eigenvalue weighted by molar-refractivity contribution is -0.137. The number of hydrogen-bond acceptors (Lipinski definition) is 3. The number of nitrogens with zero attached hydrogens (tertiary/aromatic N) is 2. The minimum atomic E-state index is -0.191. The van der Waals surface area contributed by atoms with E-state index in [1.54, 1.807) is 18.3 Å². The van der Waals surface area contributed by atoms with Crippen molar-refractivity contribution in [3.8, 4) is 0 Å². The summed E-state index contributed by atoms with van der Waals surface area (Å²) in [6.07, 6.45) is 2.32. The Morgan fingerprint density at radius 1 is 1.16 bits per heavy atom. The molecule has 1 aliphatic carbocycles. The van der Waals surface area contributed by atoms with Crippen LogP contribution in [-0.4, -0.2) is 35.2 Å². The number of carbonyl (C=O) groups is 2. The van der Waals surface area contributed by atoms with E-state index in [-0.39, 0.29) is 23.9 Å². The molecule has 3 aromatic rings. The average molecular weight is 447 g/mol. The van der Waals surface area contributed by atoms with Crippen molar-refractivity contribution in [2.75, 3.05) is 13.6 Å². The van der Waals surface area contributed by atoms with Gasteiger partial charge in [-0.2, -0.15) is 0 Å². The highest BCUT2D eigenvalue weighted by Gasteiger charge is 2.44. The Kier molecular flexibility index (Phi) is 5.54. The van der Waals surface area contributed by atoms with Crippen molar-refractivity contribution in [2.24, 2.45) is 11.8 Å². The number of benzene rings is 2. The summed E-state index contributed by atoms with van der Waals surface area (Å²) in [7, 11) is 1.96. The highest BCUT2D eigenvalue weighted by atomic mass is 32.1. The second-order valence-electron chi connectivity index (χ2n) is 9.39. The van der Waals surface area contributed by atoms with Gasteiger partial charge >= 0.3 is 0 Å². The van der Waals surface area contributed by atoms with Crippen LogP contribution >= 0.6 is 11.3 Å². The van der Waals surface area contributed by atoms with Crippen molar-refractivity contribution in [1.29, 1.82) is 0 Å². The van der Waals surface area contributed by atoms with Gasteiger partial charge < -0.3 is 9.80 Å². The molecule has 32 heavy (non-hydrogen) atoms. The van der Waals surface area contributed by atoms with Gasteiger partial charge in [-0.3, -0.25) is 9.59 Å². The van der Waals surface area contributed by atoms with E-state index in [1.807, 2.05) is 29.0 Å². The van der Waals surface area contributed by atoms with Crippen LogP contribution in [0.15, 0.2) is 53.9 Å². The van der Waals surface area contributed by atoms with Crippen molar-refractivity contribution in [3.63, 3.8) is 0 Å². The number of amides is 2. The molecule has 166 valence electrons. The average Bonchev–Trinajstić information content (AvgIpc) is 3.36. The molecule has 0 saturated heterocycles. The molecule has 2 heterocycles. The summed E-state index contributed by atoms with van der Waals surface area (Å²) < 4.78 is 1.27. The molecule has 0 radical (unpaired) electrons. The summed E-state index contributed by atoms with van der Waals surface area (Å²) >= 11 is 1.76. The zero-order chi connectivity index (χ0) is 22.4. The maximum absolute atomic E-state index is 13.7. The van der Waals surface area contributed by atoms with Gasteiger partial charge in [-0.05, 0) is 58.2 Å². The van der Waals surface area contributed by atoms with Gasteiger partial charge in [-0.15, -0.1) is 11.3 Å². The minimum Gasteiger partial charge on any atom is -0.338 e. The Hall–Kier alpha value is -2.66. The van der Waals surface area contributed by atoms with Crippen LogP contribution in [0.3, 0.4) is 0 Å². The van der Waals surface area contributed by atoms with E-state index in [0.29, 0.717) is 24.8 Å². The van der Waals surface area contributed by atoms with E-state index in [2.05, 4.69) is 48.7 Å². The molecule has 0 bridgehead atoms. The van der Waals surface area contributed by atoms with Crippen LogP contribution < -0.4 is 0 Å². The molecule has 4 atom stereocenters. The fraction of sp³-hybridized carbons (Fsp3) is 0.407. The molecule has 1 aromatic heterocycles. The normalized spacial score (nSPS) is 23.0. The topological polar surface area (TPSA) is 40.6 Å². The molecule has 2 aliphatic rings. The third kappa shape index (κ3) is 3.73. The van der Waals surface area contributed by atoms with Gasteiger partial charge in [0.15, 0.2) is 0 Å². The van der Waals surface area contributed by atoms with Crippen LogP contribution in [-0.2, 0) is 16.0 Å². The molecule has 0 unspecified atom stereocenters. The predicted molar refractivity (Wildman–Crippen MR) is 129 cm³/mol. The van der Waals surface area contributed by atoms with Crippen LogP contribution in [0.4, 0.5) is 0 Å². The second-order valence-corrected chi connectivity index (χ2v) is 10.3.